The van der Waals surface area contributed by atoms with Gasteiger partial charge in [-0.1, -0.05) is 12.1 Å². The first-order chi connectivity index (χ1) is 13.7. The normalized spacial score (nSPS) is 21.0. The molecule has 4 heterocycles. The lowest BCUT2D eigenvalue weighted by molar-refractivity contribution is -0.148. The van der Waals surface area contributed by atoms with Crippen molar-refractivity contribution in [3.63, 3.8) is 0 Å². The molecule has 1 amide bonds. The number of benzene rings is 1. The summed E-state index contributed by atoms with van der Waals surface area (Å²) in [5.74, 6) is 3.37. The molecule has 0 bridgehead atoms. The van der Waals surface area contributed by atoms with Gasteiger partial charge in [0.15, 0.2) is 11.5 Å². The number of fused-ring (bicyclic) bond motifs is 2. The van der Waals surface area contributed by atoms with Crippen LogP contribution < -0.4 is 15.0 Å². The minimum atomic E-state index is -0.613. The molecule has 28 heavy (non-hydrogen) atoms. The van der Waals surface area contributed by atoms with Crippen LogP contribution in [0.2, 0.25) is 0 Å². The number of hydrogen-bond donors (Lipinski definition) is 0. The molecule has 7 nitrogen and oxygen atoms in total. The van der Waals surface area contributed by atoms with Crippen molar-refractivity contribution in [2.45, 2.75) is 24.8 Å². The lowest BCUT2D eigenvalue weighted by Crippen LogP contribution is -2.57. The number of aromatic nitrogens is 2. The Kier molecular flexibility index (Phi) is 4.50. The van der Waals surface area contributed by atoms with Crippen LogP contribution in [0.25, 0.3) is 0 Å². The Balaban J connectivity index is 1.19. The zero-order chi connectivity index (χ0) is 19.1. The predicted octanol–water partition coefficient (Wildman–Crippen LogP) is 1.33. The van der Waals surface area contributed by atoms with Gasteiger partial charge < -0.3 is 14.4 Å². The summed E-state index contributed by atoms with van der Waals surface area (Å²) in [5.41, 5.74) is 2.06. The third kappa shape index (κ3) is 3.26. The van der Waals surface area contributed by atoms with E-state index in [1.807, 2.05) is 30.0 Å². The van der Waals surface area contributed by atoms with Crippen LogP contribution in [0.3, 0.4) is 0 Å². The van der Waals surface area contributed by atoms with Gasteiger partial charge >= 0.3 is 0 Å². The number of carbonyl (C=O) groups excluding carboxylic acids is 1. The van der Waals surface area contributed by atoms with Crippen LogP contribution in [0.4, 0.5) is 0 Å². The van der Waals surface area contributed by atoms with Crippen LogP contribution in [-0.2, 0) is 23.5 Å². The molecule has 5 rings (SSSR count). The quantitative estimate of drug-likeness (QED) is 0.775. The Morgan fingerprint density at radius 3 is 2.93 bits per heavy atom. The van der Waals surface area contributed by atoms with Gasteiger partial charge in [0, 0.05) is 37.2 Å². The molecular weight excluding hydrogens is 378 g/mol. The molecule has 0 radical (unpaired) electrons. The molecule has 0 aliphatic carbocycles. The number of rotatable bonds is 3. The number of nitrogens with zero attached hydrogens (tertiary/aromatic N) is 3. The van der Waals surface area contributed by atoms with Gasteiger partial charge in [0.2, 0.25) is 6.10 Å². The monoisotopic (exact) mass is 399 g/mol. The molecule has 1 aromatic carbocycles. The maximum atomic E-state index is 12.7. The van der Waals surface area contributed by atoms with Crippen molar-refractivity contribution in [3.05, 3.63) is 51.9 Å². The molecule has 1 saturated heterocycles. The molecule has 0 saturated carbocycles. The van der Waals surface area contributed by atoms with Gasteiger partial charge in [-0.3, -0.25) is 9.59 Å². The Morgan fingerprint density at radius 2 is 2.07 bits per heavy atom. The van der Waals surface area contributed by atoms with Gasteiger partial charge in [-0.15, -0.1) is 0 Å². The average molecular weight is 399 g/mol. The summed E-state index contributed by atoms with van der Waals surface area (Å²) < 4.78 is 13.0. The van der Waals surface area contributed by atoms with E-state index in [4.69, 9.17) is 9.47 Å². The van der Waals surface area contributed by atoms with Crippen molar-refractivity contribution < 1.29 is 14.3 Å². The fourth-order valence-electron chi connectivity index (χ4n) is 3.84. The molecule has 1 unspecified atom stereocenters. The second-order valence-electron chi connectivity index (χ2n) is 7.41. The Labute approximate surface area is 166 Å². The van der Waals surface area contributed by atoms with Crippen molar-refractivity contribution >= 4 is 17.7 Å². The molecule has 3 aliphatic rings. The van der Waals surface area contributed by atoms with Crippen LogP contribution >= 0.6 is 11.8 Å². The van der Waals surface area contributed by atoms with Gasteiger partial charge in [0.25, 0.3) is 11.5 Å². The highest BCUT2D eigenvalue weighted by molar-refractivity contribution is 7.98. The number of amides is 1. The smallest absolute Gasteiger partial charge is 0.267 e. The zero-order valence-corrected chi connectivity index (χ0v) is 16.2. The van der Waals surface area contributed by atoms with Gasteiger partial charge in [-0.05, 0) is 23.4 Å². The zero-order valence-electron chi connectivity index (χ0n) is 15.4. The highest BCUT2D eigenvalue weighted by Crippen LogP contribution is 2.32. The van der Waals surface area contributed by atoms with E-state index in [1.54, 1.807) is 21.7 Å². The Bertz CT molecular complexity index is 970. The van der Waals surface area contributed by atoms with Gasteiger partial charge in [-0.25, -0.2) is 4.68 Å². The summed E-state index contributed by atoms with van der Waals surface area (Å²) in [6.45, 7) is 2.00. The summed E-state index contributed by atoms with van der Waals surface area (Å²) in [6, 6.07) is 9.09. The Morgan fingerprint density at radius 1 is 1.25 bits per heavy atom. The summed E-state index contributed by atoms with van der Waals surface area (Å²) >= 11 is 1.84. The number of aryl methyl sites for hydroxylation is 1. The number of para-hydroxylation sites is 2. The van der Waals surface area contributed by atoms with Crippen LogP contribution in [-0.4, -0.2) is 52.1 Å². The van der Waals surface area contributed by atoms with Crippen molar-refractivity contribution in [3.8, 4) is 11.5 Å². The van der Waals surface area contributed by atoms with Crippen molar-refractivity contribution in [2.75, 3.05) is 25.4 Å². The highest BCUT2D eigenvalue weighted by atomic mass is 32.2. The van der Waals surface area contributed by atoms with Crippen molar-refractivity contribution in [1.29, 1.82) is 0 Å². The molecular formula is C20H21N3O4S. The van der Waals surface area contributed by atoms with Crippen molar-refractivity contribution in [2.24, 2.45) is 5.92 Å². The third-order valence-corrected chi connectivity index (χ3v) is 6.40. The SMILES string of the molecule is O=C(C1COc2ccccc2O1)N1CC(Cn2nc3c(cc2=O)CSCC3)C1. The van der Waals surface area contributed by atoms with E-state index in [-0.39, 0.29) is 24.0 Å². The maximum Gasteiger partial charge on any atom is 0.267 e. The highest BCUT2D eigenvalue weighted by Gasteiger charge is 2.38. The minimum absolute atomic E-state index is 0.0494. The van der Waals surface area contributed by atoms with E-state index in [2.05, 4.69) is 5.10 Å². The maximum absolute atomic E-state index is 12.7. The molecule has 3 aliphatic heterocycles. The molecule has 1 atom stereocenters. The topological polar surface area (TPSA) is 73.7 Å². The molecule has 0 N–H and O–H groups in total. The number of likely N-dealkylation sites (tertiary alicyclic amines) is 1. The fourth-order valence-corrected chi connectivity index (χ4v) is 4.79. The van der Waals surface area contributed by atoms with E-state index in [0.717, 1.165) is 29.2 Å². The van der Waals surface area contributed by atoms with Gasteiger partial charge in [0.1, 0.15) is 6.61 Å². The Hall–Kier alpha value is -2.48. The van der Waals surface area contributed by atoms with E-state index in [9.17, 15) is 9.59 Å². The second-order valence-corrected chi connectivity index (χ2v) is 8.52. The van der Waals surface area contributed by atoms with E-state index < -0.39 is 6.10 Å². The van der Waals surface area contributed by atoms with Crippen molar-refractivity contribution in [1.82, 2.24) is 14.7 Å². The molecule has 8 heteroatoms. The molecule has 0 spiro atoms. The lowest BCUT2D eigenvalue weighted by atomic mass is 9.99. The predicted molar refractivity (Wildman–Crippen MR) is 105 cm³/mol. The second kappa shape index (κ2) is 7.16. The van der Waals surface area contributed by atoms with E-state index in [1.165, 1.54) is 0 Å². The molecule has 2 aromatic rings. The molecule has 1 fully saturated rings. The van der Waals surface area contributed by atoms with Crippen LogP contribution in [0, 0.1) is 5.92 Å². The van der Waals surface area contributed by atoms with Gasteiger partial charge in [0.05, 0.1) is 12.2 Å². The van der Waals surface area contributed by atoms with E-state index in [0.29, 0.717) is 31.1 Å². The minimum Gasteiger partial charge on any atom is -0.485 e. The number of thioether (sulfide) groups is 1. The molecule has 146 valence electrons. The first kappa shape index (κ1) is 17.6. The standard InChI is InChI=1S/C20H21N3O4S/c24-19-7-14-12-28-6-5-15(14)21-23(19)10-13-8-22(9-13)20(25)18-11-26-16-3-1-2-4-17(16)27-18/h1-4,7,13,18H,5-6,8-12H2. The fraction of sp³-hybridized carbons (Fsp3) is 0.450. The largest absolute Gasteiger partial charge is 0.485 e. The first-order valence-electron chi connectivity index (χ1n) is 9.52. The number of ether oxygens (including phenoxy) is 2. The van der Waals surface area contributed by atoms with Crippen LogP contribution in [0.5, 0.6) is 11.5 Å². The van der Waals surface area contributed by atoms with E-state index >= 15 is 0 Å². The average Bonchev–Trinajstić information content (AvgIpc) is 2.69. The summed E-state index contributed by atoms with van der Waals surface area (Å²) in [6.07, 6.45) is 0.300. The summed E-state index contributed by atoms with van der Waals surface area (Å²) in [7, 11) is 0. The lowest BCUT2D eigenvalue weighted by Gasteiger charge is -2.41. The van der Waals surface area contributed by atoms with Crippen LogP contribution in [0.15, 0.2) is 35.1 Å². The number of carbonyl (C=O) groups is 1. The van der Waals surface area contributed by atoms with Gasteiger partial charge in [-0.2, -0.15) is 16.9 Å². The third-order valence-electron chi connectivity index (χ3n) is 5.39. The summed E-state index contributed by atoms with van der Waals surface area (Å²) in [5, 5.41) is 4.56. The number of hydrogen-bond acceptors (Lipinski definition) is 6. The van der Waals surface area contributed by atoms with Crippen LogP contribution in [0.1, 0.15) is 11.3 Å². The summed E-state index contributed by atoms with van der Waals surface area (Å²) in [4.78, 5) is 26.8. The first-order valence-corrected chi connectivity index (χ1v) is 10.7. The molecule has 1 aromatic heterocycles.